The molecule has 1 atom stereocenters. The maximum absolute atomic E-state index is 9.84. The molecule has 0 radical (unpaired) electrons. The molecule has 1 unspecified atom stereocenters. The van der Waals surface area contributed by atoms with E-state index < -0.39 is 0 Å². The Balaban J connectivity index is 2.27. The van der Waals surface area contributed by atoms with Crippen molar-refractivity contribution in [3.63, 3.8) is 0 Å². The zero-order chi connectivity index (χ0) is 13.9. The first-order valence-corrected chi connectivity index (χ1v) is 7.27. The standard InChI is InChI=1S/C17H26O2/c1-3-5-6-7-11-16(18)14-19-17-12-8-10-15(13-17)9-4-2/h4,8,10,12-13,16,18H,2-3,5-7,9,11,14H2,1H3. The largest absolute Gasteiger partial charge is 0.491 e. The summed E-state index contributed by atoms with van der Waals surface area (Å²) in [5, 5.41) is 9.84. The molecule has 0 aliphatic carbocycles. The van der Waals surface area contributed by atoms with Crippen molar-refractivity contribution in [2.45, 2.75) is 51.6 Å². The van der Waals surface area contributed by atoms with Crippen molar-refractivity contribution in [1.29, 1.82) is 0 Å². The fourth-order valence-corrected chi connectivity index (χ4v) is 2.01. The van der Waals surface area contributed by atoms with Crippen LogP contribution in [-0.2, 0) is 6.42 Å². The normalized spacial score (nSPS) is 12.1. The number of hydrogen-bond donors (Lipinski definition) is 1. The van der Waals surface area contributed by atoms with Crippen LogP contribution >= 0.6 is 0 Å². The number of unbranched alkanes of at least 4 members (excludes halogenated alkanes) is 3. The van der Waals surface area contributed by atoms with Crippen LogP contribution in [0.2, 0.25) is 0 Å². The molecule has 0 saturated heterocycles. The van der Waals surface area contributed by atoms with E-state index in [0.29, 0.717) is 6.61 Å². The molecule has 0 heterocycles. The van der Waals surface area contributed by atoms with Gasteiger partial charge in [0.05, 0.1) is 6.10 Å². The summed E-state index contributed by atoms with van der Waals surface area (Å²) >= 11 is 0. The first kappa shape index (κ1) is 15.8. The van der Waals surface area contributed by atoms with Crippen LogP contribution in [0, 0.1) is 0 Å². The van der Waals surface area contributed by atoms with Gasteiger partial charge < -0.3 is 9.84 Å². The van der Waals surface area contributed by atoms with Gasteiger partial charge in [-0.3, -0.25) is 0 Å². The lowest BCUT2D eigenvalue weighted by Gasteiger charge is -2.12. The van der Waals surface area contributed by atoms with Gasteiger partial charge in [-0.1, -0.05) is 50.8 Å². The summed E-state index contributed by atoms with van der Waals surface area (Å²) in [5.41, 5.74) is 1.19. The van der Waals surface area contributed by atoms with Gasteiger partial charge in [-0.2, -0.15) is 0 Å². The quantitative estimate of drug-likeness (QED) is 0.507. The zero-order valence-electron chi connectivity index (χ0n) is 12.0. The maximum atomic E-state index is 9.84. The van der Waals surface area contributed by atoms with Crippen molar-refractivity contribution >= 4 is 0 Å². The number of allylic oxidation sites excluding steroid dienone is 1. The van der Waals surface area contributed by atoms with Gasteiger partial charge in [0.15, 0.2) is 0 Å². The number of aliphatic hydroxyl groups is 1. The summed E-state index contributed by atoms with van der Waals surface area (Å²) < 4.78 is 5.63. The van der Waals surface area contributed by atoms with E-state index in [9.17, 15) is 5.11 Å². The van der Waals surface area contributed by atoms with Crippen molar-refractivity contribution < 1.29 is 9.84 Å². The zero-order valence-corrected chi connectivity index (χ0v) is 12.0. The molecule has 0 aliphatic rings. The lowest BCUT2D eigenvalue weighted by Crippen LogP contribution is -2.17. The molecule has 0 aromatic heterocycles. The first-order valence-electron chi connectivity index (χ1n) is 7.27. The lowest BCUT2D eigenvalue weighted by molar-refractivity contribution is 0.0975. The average molecular weight is 262 g/mol. The summed E-state index contributed by atoms with van der Waals surface area (Å²) in [4.78, 5) is 0. The van der Waals surface area contributed by atoms with E-state index in [4.69, 9.17) is 4.74 Å². The molecule has 0 amide bonds. The highest BCUT2D eigenvalue weighted by Gasteiger charge is 2.05. The van der Waals surface area contributed by atoms with Crippen LogP contribution in [0.1, 0.15) is 44.6 Å². The molecular weight excluding hydrogens is 236 g/mol. The second-order valence-electron chi connectivity index (χ2n) is 4.95. The molecule has 0 bridgehead atoms. The van der Waals surface area contributed by atoms with Crippen LogP contribution in [0.15, 0.2) is 36.9 Å². The fourth-order valence-electron chi connectivity index (χ4n) is 2.01. The van der Waals surface area contributed by atoms with Gasteiger partial charge in [-0.25, -0.2) is 0 Å². The summed E-state index contributed by atoms with van der Waals surface area (Å²) in [6.45, 7) is 6.30. The smallest absolute Gasteiger partial charge is 0.119 e. The maximum Gasteiger partial charge on any atom is 0.119 e. The third-order valence-corrected chi connectivity index (χ3v) is 3.11. The van der Waals surface area contributed by atoms with Crippen LogP contribution < -0.4 is 4.74 Å². The Morgan fingerprint density at radius 2 is 2.16 bits per heavy atom. The Kier molecular flexibility index (Phi) is 7.99. The molecule has 0 fully saturated rings. The van der Waals surface area contributed by atoms with Gasteiger partial charge in [0.1, 0.15) is 12.4 Å². The molecule has 0 aliphatic heterocycles. The predicted molar refractivity (Wildman–Crippen MR) is 80.6 cm³/mol. The van der Waals surface area contributed by atoms with E-state index in [1.165, 1.54) is 24.8 Å². The molecule has 2 nitrogen and oxygen atoms in total. The van der Waals surface area contributed by atoms with Crippen LogP contribution in [0.4, 0.5) is 0 Å². The minimum atomic E-state index is -0.361. The van der Waals surface area contributed by atoms with Crippen molar-refractivity contribution in [3.05, 3.63) is 42.5 Å². The lowest BCUT2D eigenvalue weighted by atomic mass is 10.1. The number of aliphatic hydroxyl groups excluding tert-OH is 1. The molecule has 106 valence electrons. The van der Waals surface area contributed by atoms with Crippen LogP contribution in [0.5, 0.6) is 5.75 Å². The van der Waals surface area contributed by atoms with E-state index in [1.54, 1.807) is 0 Å². The summed E-state index contributed by atoms with van der Waals surface area (Å²) in [7, 11) is 0. The Morgan fingerprint density at radius 1 is 1.32 bits per heavy atom. The van der Waals surface area contributed by atoms with E-state index in [-0.39, 0.29) is 6.10 Å². The van der Waals surface area contributed by atoms with Gasteiger partial charge >= 0.3 is 0 Å². The Labute approximate surface area is 117 Å². The monoisotopic (exact) mass is 262 g/mol. The SMILES string of the molecule is C=CCc1cccc(OCC(O)CCCCCC)c1. The van der Waals surface area contributed by atoms with Gasteiger partial charge in [-0.15, -0.1) is 6.58 Å². The van der Waals surface area contributed by atoms with Gasteiger partial charge in [0.25, 0.3) is 0 Å². The molecule has 1 N–H and O–H groups in total. The Morgan fingerprint density at radius 3 is 2.89 bits per heavy atom. The van der Waals surface area contributed by atoms with Crippen molar-refractivity contribution in [2.75, 3.05) is 6.61 Å². The minimum absolute atomic E-state index is 0.361. The molecule has 2 heteroatoms. The second-order valence-corrected chi connectivity index (χ2v) is 4.95. The van der Waals surface area contributed by atoms with E-state index in [1.807, 2.05) is 24.3 Å². The molecule has 0 saturated carbocycles. The van der Waals surface area contributed by atoms with E-state index >= 15 is 0 Å². The highest BCUT2D eigenvalue weighted by Crippen LogP contribution is 2.15. The minimum Gasteiger partial charge on any atom is -0.491 e. The summed E-state index contributed by atoms with van der Waals surface area (Å²) in [5.74, 6) is 0.826. The number of benzene rings is 1. The first-order chi connectivity index (χ1) is 9.26. The molecule has 1 aromatic rings. The topological polar surface area (TPSA) is 29.5 Å². The average Bonchev–Trinajstić information content (AvgIpc) is 2.42. The molecular formula is C17H26O2. The van der Waals surface area contributed by atoms with Crippen molar-refractivity contribution in [1.82, 2.24) is 0 Å². The predicted octanol–water partition coefficient (Wildman–Crippen LogP) is 4.13. The summed E-state index contributed by atoms with van der Waals surface area (Å²) in [6.07, 6.45) is 7.93. The number of ether oxygens (including phenoxy) is 1. The van der Waals surface area contributed by atoms with Crippen LogP contribution in [0.25, 0.3) is 0 Å². The van der Waals surface area contributed by atoms with Crippen LogP contribution in [-0.4, -0.2) is 17.8 Å². The number of hydrogen-bond acceptors (Lipinski definition) is 2. The van der Waals surface area contributed by atoms with Crippen molar-refractivity contribution in [2.24, 2.45) is 0 Å². The van der Waals surface area contributed by atoms with E-state index in [0.717, 1.165) is 25.0 Å². The third kappa shape index (κ3) is 7.02. The third-order valence-electron chi connectivity index (χ3n) is 3.11. The van der Waals surface area contributed by atoms with Crippen molar-refractivity contribution in [3.8, 4) is 5.75 Å². The molecule has 19 heavy (non-hydrogen) atoms. The fraction of sp³-hybridized carbons (Fsp3) is 0.529. The Hall–Kier alpha value is -1.28. The van der Waals surface area contributed by atoms with Crippen LogP contribution in [0.3, 0.4) is 0 Å². The number of rotatable bonds is 10. The van der Waals surface area contributed by atoms with Gasteiger partial charge in [-0.05, 0) is 30.5 Å². The molecule has 1 aromatic carbocycles. The van der Waals surface area contributed by atoms with Gasteiger partial charge in [0.2, 0.25) is 0 Å². The van der Waals surface area contributed by atoms with E-state index in [2.05, 4.69) is 19.6 Å². The highest BCUT2D eigenvalue weighted by atomic mass is 16.5. The molecule has 1 rings (SSSR count). The van der Waals surface area contributed by atoms with Gasteiger partial charge in [0, 0.05) is 0 Å². The Bertz CT molecular complexity index is 360. The highest BCUT2D eigenvalue weighted by molar-refractivity contribution is 5.29. The molecule has 0 spiro atoms. The second kappa shape index (κ2) is 9.62. The summed E-state index contributed by atoms with van der Waals surface area (Å²) in [6, 6.07) is 7.96.